The smallest absolute Gasteiger partial charge is 0.243 e. The molecule has 0 radical (unpaired) electrons. The Balaban J connectivity index is 2.06. The van der Waals surface area contributed by atoms with Crippen molar-refractivity contribution < 1.29 is 4.52 Å². The van der Waals surface area contributed by atoms with E-state index in [0.29, 0.717) is 17.7 Å². The number of hydrogen-bond acceptors (Lipinski definition) is 4. The summed E-state index contributed by atoms with van der Waals surface area (Å²) in [5.74, 6) is 2.28. The highest BCUT2D eigenvalue weighted by Crippen LogP contribution is 2.30. The van der Waals surface area contributed by atoms with Crippen LogP contribution in [0.4, 0.5) is 0 Å². The second-order valence-electron chi connectivity index (χ2n) is 5.45. The molecule has 4 nitrogen and oxygen atoms in total. The Morgan fingerprint density at radius 2 is 1.82 bits per heavy atom. The Kier molecular flexibility index (Phi) is 4.15. The van der Waals surface area contributed by atoms with E-state index in [1.54, 1.807) is 0 Å². The highest BCUT2D eigenvalue weighted by molar-refractivity contribution is 4.99. The molecule has 0 aliphatic heterocycles. The van der Waals surface area contributed by atoms with Crippen molar-refractivity contribution in [3.8, 4) is 0 Å². The third-order valence-electron chi connectivity index (χ3n) is 3.68. The lowest BCUT2D eigenvalue weighted by molar-refractivity contribution is 0.320. The SMILES string of the molecule is CC(C)[C@H](N)c1nc(C2CCCCCC2)no1. The van der Waals surface area contributed by atoms with Gasteiger partial charge in [0.2, 0.25) is 5.89 Å². The standard InChI is InChI=1S/C13H23N3O/c1-9(2)11(14)13-15-12(16-17-13)10-7-5-3-4-6-8-10/h9-11H,3-8,14H2,1-2H3/t11-/m0/s1. The predicted molar refractivity (Wildman–Crippen MR) is 66.5 cm³/mol. The van der Waals surface area contributed by atoms with Crippen molar-refractivity contribution in [3.05, 3.63) is 11.7 Å². The maximum atomic E-state index is 6.02. The molecule has 0 spiro atoms. The highest BCUT2D eigenvalue weighted by atomic mass is 16.5. The minimum atomic E-state index is -0.137. The lowest BCUT2D eigenvalue weighted by atomic mass is 10.00. The molecule has 1 heterocycles. The average Bonchev–Trinajstić information content (AvgIpc) is 2.64. The molecule has 1 aromatic rings. The van der Waals surface area contributed by atoms with Gasteiger partial charge in [-0.15, -0.1) is 0 Å². The maximum absolute atomic E-state index is 6.02. The quantitative estimate of drug-likeness (QED) is 0.820. The summed E-state index contributed by atoms with van der Waals surface area (Å²) in [5.41, 5.74) is 6.02. The summed E-state index contributed by atoms with van der Waals surface area (Å²) >= 11 is 0. The summed E-state index contributed by atoms with van der Waals surface area (Å²) in [4.78, 5) is 4.49. The van der Waals surface area contributed by atoms with Gasteiger partial charge in [0.1, 0.15) is 0 Å². The minimum absolute atomic E-state index is 0.137. The lowest BCUT2D eigenvalue weighted by Crippen LogP contribution is -2.17. The van der Waals surface area contributed by atoms with Gasteiger partial charge in [-0.2, -0.15) is 4.98 Å². The van der Waals surface area contributed by atoms with E-state index < -0.39 is 0 Å². The number of rotatable bonds is 3. The van der Waals surface area contributed by atoms with Crippen LogP contribution in [0, 0.1) is 5.92 Å². The fraction of sp³-hybridized carbons (Fsp3) is 0.846. The second-order valence-corrected chi connectivity index (χ2v) is 5.45. The number of nitrogens with zero attached hydrogens (tertiary/aromatic N) is 2. The van der Waals surface area contributed by atoms with Gasteiger partial charge in [0.15, 0.2) is 5.82 Å². The van der Waals surface area contributed by atoms with Crippen LogP contribution in [-0.4, -0.2) is 10.1 Å². The highest BCUT2D eigenvalue weighted by Gasteiger charge is 2.23. The Morgan fingerprint density at radius 3 is 2.41 bits per heavy atom. The molecule has 1 atom stereocenters. The van der Waals surface area contributed by atoms with Gasteiger partial charge in [0.25, 0.3) is 0 Å². The summed E-state index contributed by atoms with van der Waals surface area (Å²) < 4.78 is 5.30. The van der Waals surface area contributed by atoms with Gasteiger partial charge in [0, 0.05) is 5.92 Å². The summed E-state index contributed by atoms with van der Waals surface area (Å²) in [6, 6.07) is -0.137. The summed E-state index contributed by atoms with van der Waals surface area (Å²) in [6.45, 7) is 4.14. The van der Waals surface area contributed by atoms with E-state index in [-0.39, 0.29) is 6.04 Å². The molecule has 2 rings (SSSR count). The first-order valence-corrected chi connectivity index (χ1v) is 6.77. The molecule has 0 unspecified atom stereocenters. The molecule has 4 heteroatoms. The van der Waals surface area contributed by atoms with Crippen molar-refractivity contribution in [2.75, 3.05) is 0 Å². The predicted octanol–water partition coefficient (Wildman–Crippen LogP) is 3.16. The van der Waals surface area contributed by atoms with Crippen molar-refractivity contribution in [1.82, 2.24) is 10.1 Å². The lowest BCUT2D eigenvalue weighted by Gasteiger charge is -2.10. The molecule has 1 aliphatic rings. The van der Waals surface area contributed by atoms with Crippen molar-refractivity contribution in [3.63, 3.8) is 0 Å². The number of hydrogen-bond donors (Lipinski definition) is 1. The Hall–Kier alpha value is -0.900. The van der Waals surface area contributed by atoms with Crippen LogP contribution in [0.5, 0.6) is 0 Å². The van der Waals surface area contributed by atoms with E-state index in [2.05, 4.69) is 24.0 Å². The van der Waals surface area contributed by atoms with Crippen LogP contribution in [0.1, 0.15) is 76.0 Å². The van der Waals surface area contributed by atoms with Gasteiger partial charge < -0.3 is 10.3 Å². The van der Waals surface area contributed by atoms with E-state index in [0.717, 1.165) is 5.82 Å². The van der Waals surface area contributed by atoms with Crippen LogP contribution in [0.15, 0.2) is 4.52 Å². The molecule has 96 valence electrons. The monoisotopic (exact) mass is 237 g/mol. The first kappa shape index (κ1) is 12.6. The van der Waals surface area contributed by atoms with Gasteiger partial charge in [-0.05, 0) is 18.8 Å². The van der Waals surface area contributed by atoms with E-state index in [1.807, 2.05) is 0 Å². The van der Waals surface area contributed by atoms with Crippen molar-refractivity contribution in [1.29, 1.82) is 0 Å². The first-order valence-electron chi connectivity index (χ1n) is 6.77. The largest absolute Gasteiger partial charge is 0.338 e. The van der Waals surface area contributed by atoms with E-state index in [9.17, 15) is 0 Å². The third-order valence-corrected chi connectivity index (χ3v) is 3.68. The Labute approximate surface area is 103 Å². The van der Waals surface area contributed by atoms with Crippen LogP contribution in [0.3, 0.4) is 0 Å². The second kappa shape index (κ2) is 5.63. The van der Waals surface area contributed by atoms with Crippen molar-refractivity contribution >= 4 is 0 Å². The summed E-state index contributed by atoms with van der Waals surface area (Å²) in [6.07, 6.45) is 7.63. The van der Waals surface area contributed by atoms with Crippen LogP contribution in [0.25, 0.3) is 0 Å². The number of aromatic nitrogens is 2. The van der Waals surface area contributed by atoms with Gasteiger partial charge in [-0.1, -0.05) is 44.7 Å². The molecule has 2 N–H and O–H groups in total. The first-order chi connectivity index (χ1) is 8.18. The molecule has 0 aromatic carbocycles. The Bertz CT molecular complexity index is 340. The maximum Gasteiger partial charge on any atom is 0.243 e. The summed E-state index contributed by atoms with van der Waals surface area (Å²) in [7, 11) is 0. The van der Waals surface area contributed by atoms with E-state index in [1.165, 1.54) is 38.5 Å². The van der Waals surface area contributed by atoms with Crippen LogP contribution < -0.4 is 5.73 Å². The molecular weight excluding hydrogens is 214 g/mol. The topological polar surface area (TPSA) is 64.9 Å². The molecule has 0 amide bonds. The van der Waals surface area contributed by atoms with Crippen LogP contribution >= 0.6 is 0 Å². The molecule has 17 heavy (non-hydrogen) atoms. The van der Waals surface area contributed by atoms with Gasteiger partial charge in [0.05, 0.1) is 6.04 Å². The van der Waals surface area contributed by atoms with Crippen molar-refractivity contribution in [2.45, 2.75) is 64.3 Å². The fourth-order valence-electron chi connectivity index (χ4n) is 2.37. The minimum Gasteiger partial charge on any atom is -0.338 e. The zero-order chi connectivity index (χ0) is 12.3. The summed E-state index contributed by atoms with van der Waals surface area (Å²) in [5, 5.41) is 4.12. The normalized spacial score (nSPS) is 20.5. The third kappa shape index (κ3) is 3.06. The molecule has 1 aromatic heterocycles. The molecule has 1 saturated carbocycles. The molecule has 0 saturated heterocycles. The zero-order valence-electron chi connectivity index (χ0n) is 10.9. The van der Waals surface area contributed by atoms with E-state index >= 15 is 0 Å². The van der Waals surface area contributed by atoms with E-state index in [4.69, 9.17) is 10.3 Å². The van der Waals surface area contributed by atoms with Gasteiger partial charge >= 0.3 is 0 Å². The fourth-order valence-corrected chi connectivity index (χ4v) is 2.37. The van der Waals surface area contributed by atoms with Crippen LogP contribution in [0.2, 0.25) is 0 Å². The van der Waals surface area contributed by atoms with Crippen molar-refractivity contribution in [2.24, 2.45) is 11.7 Å². The molecule has 0 bridgehead atoms. The van der Waals surface area contributed by atoms with Crippen LogP contribution in [-0.2, 0) is 0 Å². The molecule has 1 aliphatic carbocycles. The number of nitrogens with two attached hydrogens (primary N) is 1. The zero-order valence-corrected chi connectivity index (χ0v) is 10.9. The molecular formula is C13H23N3O. The Morgan fingerprint density at radius 1 is 1.18 bits per heavy atom. The molecule has 1 fully saturated rings. The van der Waals surface area contributed by atoms with Gasteiger partial charge in [-0.25, -0.2) is 0 Å². The van der Waals surface area contributed by atoms with Gasteiger partial charge in [-0.3, -0.25) is 0 Å². The average molecular weight is 237 g/mol.